The fourth-order valence-corrected chi connectivity index (χ4v) is 6.35. The highest BCUT2D eigenvalue weighted by Crippen LogP contribution is 2.16. The van der Waals surface area contributed by atoms with Gasteiger partial charge in [-0.05, 0) is 37.0 Å². The molecule has 6 nitrogen and oxygen atoms in total. The Bertz CT molecular complexity index is 776. The fourth-order valence-electron chi connectivity index (χ4n) is 6.35. The second-order valence-electron chi connectivity index (χ2n) is 16.4. The average molecular weight is 709 g/mol. The zero-order valence-corrected chi connectivity index (χ0v) is 34.2. The van der Waals surface area contributed by atoms with Crippen molar-refractivity contribution in [2.75, 3.05) is 13.2 Å². The van der Waals surface area contributed by atoms with E-state index in [1.165, 1.54) is 109 Å². The quantitative estimate of drug-likeness (QED) is 0.0363. The third kappa shape index (κ3) is 37.7. The standard InChI is InChI=1S/C44H84O6/c1-38(2)30-24-18-12-7-9-15-21-27-33-42(45)48-36-41(37-49-43(46)34-28-22-17-11-14-20-26-32-40(5)6)50-44(47)35-29-23-16-10-8-13-19-25-31-39(3)4/h38-41H,7-37H2,1-6H3/t41-/m0/s1. The largest absolute Gasteiger partial charge is 0.462 e. The number of hydrogen-bond donors (Lipinski definition) is 0. The highest BCUT2D eigenvalue weighted by molar-refractivity contribution is 5.71. The van der Waals surface area contributed by atoms with Gasteiger partial charge in [-0.3, -0.25) is 14.4 Å². The minimum Gasteiger partial charge on any atom is -0.462 e. The molecule has 0 aliphatic rings. The molecule has 0 aromatic rings. The molecule has 0 bridgehead atoms. The topological polar surface area (TPSA) is 78.9 Å². The molecule has 0 radical (unpaired) electrons. The van der Waals surface area contributed by atoms with Crippen LogP contribution in [0.4, 0.5) is 0 Å². The summed E-state index contributed by atoms with van der Waals surface area (Å²) in [5, 5.41) is 0. The van der Waals surface area contributed by atoms with Crippen molar-refractivity contribution in [3.05, 3.63) is 0 Å². The van der Waals surface area contributed by atoms with E-state index in [1.54, 1.807) is 0 Å². The van der Waals surface area contributed by atoms with Gasteiger partial charge in [0.2, 0.25) is 0 Å². The number of carbonyl (C=O) groups is 3. The molecule has 296 valence electrons. The molecule has 0 aliphatic heterocycles. The Balaban J connectivity index is 4.36. The summed E-state index contributed by atoms with van der Waals surface area (Å²) in [6, 6.07) is 0. The summed E-state index contributed by atoms with van der Waals surface area (Å²) in [7, 11) is 0. The molecule has 0 N–H and O–H groups in total. The Morgan fingerprint density at radius 3 is 0.860 bits per heavy atom. The summed E-state index contributed by atoms with van der Waals surface area (Å²) in [5.74, 6) is 1.50. The van der Waals surface area contributed by atoms with Gasteiger partial charge in [0.1, 0.15) is 13.2 Å². The van der Waals surface area contributed by atoms with Crippen LogP contribution in [0.1, 0.15) is 228 Å². The van der Waals surface area contributed by atoms with Crippen LogP contribution in [-0.2, 0) is 28.6 Å². The molecule has 0 heterocycles. The van der Waals surface area contributed by atoms with Crippen molar-refractivity contribution in [2.45, 2.75) is 234 Å². The van der Waals surface area contributed by atoms with Crippen LogP contribution >= 0.6 is 0 Å². The first-order valence-electron chi connectivity index (χ1n) is 21.6. The number of carbonyl (C=O) groups excluding carboxylic acids is 3. The van der Waals surface area contributed by atoms with Crippen molar-refractivity contribution in [1.82, 2.24) is 0 Å². The van der Waals surface area contributed by atoms with Gasteiger partial charge in [0, 0.05) is 19.3 Å². The smallest absolute Gasteiger partial charge is 0.306 e. The predicted octanol–water partition coefficient (Wildman–Crippen LogP) is 13.3. The van der Waals surface area contributed by atoms with Crippen LogP contribution in [0.3, 0.4) is 0 Å². The lowest BCUT2D eigenvalue weighted by atomic mass is 10.0. The maximum atomic E-state index is 12.7. The van der Waals surface area contributed by atoms with Crippen LogP contribution in [0.25, 0.3) is 0 Å². The van der Waals surface area contributed by atoms with Gasteiger partial charge in [-0.15, -0.1) is 0 Å². The first kappa shape index (κ1) is 48.4. The van der Waals surface area contributed by atoms with Gasteiger partial charge >= 0.3 is 17.9 Å². The minimum absolute atomic E-state index is 0.0676. The molecule has 0 saturated heterocycles. The van der Waals surface area contributed by atoms with E-state index in [0.29, 0.717) is 19.3 Å². The molecule has 0 saturated carbocycles. The molecule has 0 unspecified atom stereocenters. The van der Waals surface area contributed by atoms with Crippen LogP contribution < -0.4 is 0 Å². The van der Waals surface area contributed by atoms with Gasteiger partial charge in [0.05, 0.1) is 0 Å². The summed E-state index contributed by atoms with van der Waals surface area (Å²) in [4.78, 5) is 37.6. The monoisotopic (exact) mass is 709 g/mol. The summed E-state index contributed by atoms with van der Waals surface area (Å²) >= 11 is 0. The van der Waals surface area contributed by atoms with Gasteiger partial charge in [-0.2, -0.15) is 0 Å². The van der Waals surface area contributed by atoms with E-state index < -0.39 is 6.10 Å². The van der Waals surface area contributed by atoms with E-state index in [-0.39, 0.29) is 31.1 Å². The molecular weight excluding hydrogens is 624 g/mol. The highest BCUT2D eigenvalue weighted by Gasteiger charge is 2.19. The van der Waals surface area contributed by atoms with Crippen LogP contribution in [0.2, 0.25) is 0 Å². The third-order valence-corrected chi connectivity index (χ3v) is 9.65. The maximum absolute atomic E-state index is 12.7. The average Bonchev–Trinajstić information content (AvgIpc) is 3.06. The predicted molar refractivity (Wildman–Crippen MR) is 210 cm³/mol. The normalized spacial score (nSPS) is 12.2. The van der Waals surface area contributed by atoms with E-state index in [2.05, 4.69) is 41.5 Å². The zero-order chi connectivity index (χ0) is 37.1. The molecule has 6 heteroatoms. The van der Waals surface area contributed by atoms with Gasteiger partial charge in [0.15, 0.2) is 6.10 Å². The lowest BCUT2D eigenvalue weighted by Crippen LogP contribution is -2.30. The van der Waals surface area contributed by atoms with Gasteiger partial charge in [-0.1, -0.05) is 189 Å². The number of esters is 3. The van der Waals surface area contributed by atoms with E-state index in [0.717, 1.165) is 75.5 Å². The number of rotatable bonds is 37. The summed E-state index contributed by atoms with van der Waals surface area (Å²) in [6.45, 7) is 13.6. The first-order valence-corrected chi connectivity index (χ1v) is 21.6. The molecule has 0 aromatic carbocycles. The van der Waals surface area contributed by atoms with Crippen molar-refractivity contribution in [3.8, 4) is 0 Å². The van der Waals surface area contributed by atoms with E-state index in [9.17, 15) is 14.4 Å². The molecular formula is C44H84O6. The number of ether oxygens (including phenoxy) is 3. The van der Waals surface area contributed by atoms with Crippen LogP contribution in [0, 0.1) is 17.8 Å². The molecule has 0 rings (SSSR count). The van der Waals surface area contributed by atoms with Crippen molar-refractivity contribution >= 4 is 17.9 Å². The van der Waals surface area contributed by atoms with Gasteiger partial charge < -0.3 is 14.2 Å². The van der Waals surface area contributed by atoms with Gasteiger partial charge in [-0.25, -0.2) is 0 Å². The fraction of sp³-hybridized carbons (Fsp3) is 0.932. The molecule has 0 amide bonds. The molecule has 0 spiro atoms. The van der Waals surface area contributed by atoms with Crippen molar-refractivity contribution in [1.29, 1.82) is 0 Å². The Kier molecular flexibility index (Phi) is 34.7. The van der Waals surface area contributed by atoms with Crippen LogP contribution in [0.5, 0.6) is 0 Å². The lowest BCUT2D eigenvalue weighted by molar-refractivity contribution is -0.167. The Labute approximate surface area is 310 Å². The van der Waals surface area contributed by atoms with Crippen molar-refractivity contribution in [3.63, 3.8) is 0 Å². The molecule has 0 fully saturated rings. The maximum Gasteiger partial charge on any atom is 0.306 e. The van der Waals surface area contributed by atoms with E-state index in [4.69, 9.17) is 14.2 Å². The first-order chi connectivity index (χ1) is 24.1. The number of unbranched alkanes of at least 4 members (excludes halogenated alkanes) is 20. The molecule has 0 aliphatic carbocycles. The Morgan fingerprint density at radius 2 is 0.580 bits per heavy atom. The summed E-state index contributed by atoms with van der Waals surface area (Å²) < 4.78 is 16.7. The van der Waals surface area contributed by atoms with Gasteiger partial charge in [0.25, 0.3) is 0 Å². The SMILES string of the molecule is CC(C)CCCCCCCCCCC(=O)OC[C@@H](COC(=O)CCCCCCCCCC(C)C)OC(=O)CCCCCCCCCCC(C)C. The van der Waals surface area contributed by atoms with E-state index in [1.807, 2.05) is 0 Å². The Hall–Kier alpha value is -1.59. The van der Waals surface area contributed by atoms with Crippen molar-refractivity contribution in [2.24, 2.45) is 17.8 Å². The Morgan fingerprint density at radius 1 is 0.340 bits per heavy atom. The van der Waals surface area contributed by atoms with E-state index >= 15 is 0 Å². The third-order valence-electron chi connectivity index (χ3n) is 9.65. The number of hydrogen-bond acceptors (Lipinski definition) is 6. The summed E-state index contributed by atoms with van der Waals surface area (Å²) in [6.07, 6.45) is 31.0. The highest BCUT2D eigenvalue weighted by atomic mass is 16.6. The van der Waals surface area contributed by atoms with Crippen LogP contribution in [-0.4, -0.2) is 37.2 Å². The lowest BCUT2D eigenvalue weighted by Gasteiger charge is -2.18. The zero-order valence-electron chi connectivity index (χ0n) is 34.2. The molecule has 0 aromatic heterocycles. The second-order valence-corrected chi connectivity index (χ2v) is 16.4. The minimum atomic E-state index is -0.761. The molecule has 50 heavy (non-hydrogen) atoms. The summed E-state index contributed by atoms with van der Waals surface area (Å²) in [5.41, 5.74) is 0. The molecule has 1 atom stereocenters. The second kappa shape index (κ2) is 35.8. The van der Waals surface area contributed by atoms with Crippen molar-refractivity contribution < 1.29 is 28.6 Å². The van der Waals surface area contributed by atoms with Crippen LogP contribution in [0.15, 0.2) is 0 Å².